The van der Waals surface area contributed by atoms with Gasteiger partial charge in [-0.25, -0.2) is 13.4 Å². The number of pyridine rings is 1. The number of aryl methyl sites for hydroxylation is 1. The number of amides is 1. The molecule has 2 aromatic heterocycles. The van der Waals surface area contributed by atoms with Crippen molar-refractivity contribution in [2.45, 2.75) is 24.8 Å². The lowest BCUT2D eigenvalue weighted by atomic mass is 10.1. The van der Waals surface area contributed by atoms with E-state index in [0.717, 1.165) is 22.2 Å². The molecule has 0 saturated carbocycles. The number of rotatable bonds is 7. The molecule has 0 N–H and O–H groups in total. The molecule has 0 radical (unpaired) electrons. The Bertz CT molecular complexity index is 1350. The number of thiazole rings is 1. The highest BCUT2D eigenvalue weighted by Gasteiger charge is 2.27. The third-order valence-electron chi connectivity index (χ3n) is 4.94. The van der Waals surface area contributed by atoms with E-state index in [1.165, 1.54) is 40.5 Å². The maximum Gasteiger partial charge on any atom is 0.244 e. The molecule has 0 aliphatic heterocycles. The molecule has 2 heterocycles. The summed E-state index contributed by atoms with van der Waals surface area (Å²) in [5, 5.41) is 0.871. The number of para-hydroxylation sites is 1. The van der Waals surface area contributed by atoms with E-state index in [1.807, 2.05) is 31.2 Å². The Morgan fingerprint density at radius 3 is 2.53 bits per heavy atom. The normalized spacial score (nSPS) is 11.6. The quantitative estimate of drug-likeness (QED) is 0.371. The molecule has 0 spiro atoms. The van der Waals surface area contributed by atoms with Crippen molar-refractivity contribution in [2.75, 3.05) is 10.7 Å². The van der Waals surface area contributed by atoms with E-state index >= 15 is 0 Å². The molecule has 0 aliphatic carbocycles. The molecule has 2 aromatic carbocycles. The van der Waals surface area contributed by atoms with Crippen molar-refractivity contribution in [1.82, 2.24) is 9.97 Å². The average Bonchev–Trinajstić information content (AvgIpc) is 3.22. The van der Waals surface area contributed by atoms with Crippen LogP contribution in [-0.2, 0) is 27.6 Å². The van der Waals surface area contributed by atoms with Crippen LogP contribution in [0.3, 0.4) is 0 Å². The van der Waals surface area contributed by atoms with Crippen LogP contribution >= 0.6 is 22.9 Å². The zero-order valence-corrected chi connectivity index (χ0v) is 19.6. The predicted molar refractivity (Wildman–Crippen MR) is 128 cm³/mol. The summed E-state index contributed by atoms with van der Waals surface area (Å²) in [6, 6.07) is 17.1. The molecule has 0 saturated heterocycles. The lowest BCUT2D eigenvalue weighted by Gasteiger charge is -2.19. The molecule has 6 nitrogen and oxygen atoms in total. The summed E-state index contributed by atoms with van der Waals surface area (Å²) in [5.41, 5.74) is 2.54. The number of hydrogen-bond acceptors (Lipinski definition) is 6. The zero-order valence-electron chi connectivity index (χ0n) is 17.2. The first-order valence-corrected chi connectivity index (χ1v) is 12.8. The van der Waals surface area contributed by atoms with Crippen LogP contribution in [-0.4, -0.2) is 30.0 Å². The van der Waals surface area contributed by atoms with Gasteiger partial charge in [0.25, 0.3) is 0 Å². The van der Waals surface area contributed by atoms with Gasteiger partial charge in [-0.3, -0.25) is 14.7 Å². The Balaban J connectivity index is 1.71. The van der Waals surface area contributed by atoms with Gasteiger partial charge < -0.3 is 0 Å². The van der Waals surface area contributed by atoms with E-state index in [2.05, 4.69) is 4.98 Å². The van der Waals surface area contributed by atoms with Crippen molar-refractivity contribution in [3.8, 4) is 0 Å². The van der Waals surface area contributed by atoms with Gasteiger partial charge in [0, 0.05) is 11.2 Å². The minimum Gasteiger partial charge on any atom is -0.281 e. The minimum absolute atomic E-state index is 0.0469. The van der Waals surface area contributed by atoms with Crippen LogP contribution in [0.1, 0.15) is 18.2 Å². The highest BCUT2D eigenvalue weighted by atomic mass is 35.5. The average molecular weight is 486 g/mol. The fourth-order valence-electron chi connectivity index (χ4n) is 3.28. The van der Waals surface area contributed by atoms with Crippen molar-refractivity contribution in [1.29, 1.82) is 0 Å². The Morgan fingerprint density at radius 2 is 1.84 bits per heavy atom. The number of carbonyl (C=O) groups is 1. The van der Waals surface area contributed by atoms with Crippen LogP contribution in [0.4, 0.5) is 5.13 Å². The molecule has 0 unspecified atom stereocenters. The smallest absolute Gasteiger partial charge is 0.244 e. The van der Waals surface area contributed by atoms with Gasteiger partial charge in [-0.1, -0.05) is 48.1 Å². The summed E-state index contributed by atoms with van der Waals surface area (Å²) in [4.78, 5) is 23.7. The van der Waals surface area contributed by atoms with E-state index in [1.54, 1.807) is 18.3 Å². The third-order valence-corrected chi connectivity index (χ3v) is 7.85. The molecule has 164 valence electrons. The predicted octanol–water partition coefficient (Wildman–Crippen LogP) is 4.91. The van der Waals surface area contributed by atoms with Gasteiger partial charge in [-0.2, -0.15) is 0 Å². The van der Waals surface area contributed by atoms with Crippen LogP contribution in [0.25, 0.3) is 10.2 Å². The van der Waals surface area contributed by atoms with Gasteiger partial charge in [0.15, 0.2) is 15.0 Å². The van der Waals surface area contributed by atoms with Crippen LogP contribution < -0.4 is 4.90 Å². The standard InChI is InChI=1S/C23H20ClN3O3S2/c1-2-16-6-5-8-20-22(16)26-23(31-20)27(14-18-7-3-4-13-25-18)21(28)15-32(29,30)19-11-9-17(24)10-12-19/h3-13H,2,14-15H2,1H3. The molecule has 0 atom stereocenters. The van der Waals surface area contributed by atoms with Crippen molar-refractivity contribution in [3.05, 3.63) is 83.1 Å². The van der Waals surface area contributed by atoms with Gasteiger partial charge in [0.1, 0.15) is 5.75 Å². The molecular weight excluding hydrogens is 466 g/mol. The number of fused-ring (bicyclic) bond motifs is 1. The van der Waals surface area contributed by atoms with Crippen molar-refractivity contribution < 1.29 is 13.2 Å². The van der Waals surface area contributed by atoms with Crippen molar-refractivity contribution in [3.63, 3.8) is 0 Å². The first kappa shape index (κ1) is 22.4. The summed E-state index contributed by atoms with van der Waals surface area (Å²) in [7, 11) is -3.86. The molecule has 4 aromatic rings. The first-order valence-electron chi connectivity index (χ1n) is 9.94. The van der Waals surface area contributed by atoms with Gasteiger partial charge in [0.05, 0.1) is 27.4 Å². The summed E-state index contributed by atoms with van der Waals surface area (Å²) in [6.07, 6.45) is 2.44. The molecule has 0 aliphatic rings. The number of benzene rings is 2. The summed E-state index contributed by atoms with van der Waals surface area (Å²) >= 11 is 7.23. The third kappa shape index (κ3) is 4.82. The van der Waals surface area contributed by atoms with Crippen LogP contribution in [0.5, 0.6) is 0 Å². The number of aromatic nitrogens is 2. The van der Waals surface area contributed by atoms with E-state index < -0.39 is 21.5 Å². The molecule has 0 bridgehead atoms. The van der Waals surface area contributed by atoms with E-state index in [0.29, 0.717) is 15.8 Å². The first-order chi connectivity index (χ1) is 15.4. The molecule has 9 heteroatoms. The minimum atomic E-state index is -3.86. The molecular formula is C23H20ClN3O3S2. The highest BCUT2D eigenvalue weighted by molar-refractivity contribution is 7.92. The Morgan fingerprint density at radius 1 is 1.06 bits per heavy atom. The second kappa shape index (κ2) is 9.36. The van der Waals surface area contributed by atoms with Gasteiger partial charge in [-0.05, 0) is 54.4 Å². The molecule has 4 rings (SSSR count). The summed E-state index contributed by atoms with van der Waals surface area (Å²) in [5.74, 6) is -1.25. The summed E-state index contributed by atoms with van der Waals surface area (Å²) < 4.78 is 26.7. The lowest BCUT2D eigenvalue weighted by Crippen LogP contribution is -2.35. The number of carbonyl (C=O) groups excluding carboxylic acids is 1. The topological polar surface area (TPSA) is 80.2 Å². The van der Waals surface area contributed by atoms with E-state index in [9.17, 15) is 13.2 Å². The monoisotopic (exact) mass is 485 g/mol. The Labute approximate surface area is 195 Å². The van der Waals surface area contributed by atoms with E-state index in [-0.39, 0.29) is 11.4 Å². The number of hydrogen-bond donors (Lipinski definition) is 0. The largest absolute Gasteiger partial charge is 0.281 e. The fourth-order valence-corrected chi connectivity index (χ4v) is 5.63. The maximum atomic E-state index is 13.3. The SMILES string of the molecule is CCc1cccc2sc(N(Cc3ccccn3)C(=O)CS(=O)(=O)c3ccc(Cl)cc3)nc12. The second-order valence-corrected chi connectivity index (χ2v) is 10.6. The molecule has 32 heavy (non-hydrogen) atoms. The fraction of sp³-hybridized carbons (Fsp3) is 0.174. The van der Waals surface area contributed by atoms with Gasteiger partial charge in [0.2, 0.25) is 5.91 Å². The molecule has 0 fully saturated rings. The highest BCUT2D eigenvalue weighted by Crippen LogP contribution is 2.32. The zero-order chi connectivity index (χ0) is 22.7. The number of halogens is 1. The van der Waals surface area contributed by atoms with Gasteiger partial charge in [-0.15, -0.1) is 0 Å². The Hall–Kier alpha value is -2.81. The number of sulfone groups is 1. The van der Waals surface area contributed by atoms with Crippen LogP contribution in [0.2, 0.25) is 5.02 Å². The van der Waals surface area contributed by atoms with Crippen LogP contribution in [0.15, 0.2) is 71.8 Å². The molecule has 1 amide bonds. The van der Waals surface area contributed by atoms with Crippen molar-refractivity contribution >= 4 is 54.0 Å². The van der Waals surface area contributed by atoms with Gasteiger partial charge >= 0.3 is 0 Å². The maximum absolute atomic E-state index is 13.3. The number of nitrogens with zero attached hydrogens (tertiary/aromatic N) is 3. The van der Waals surface area contributed by atoms with Crippen LogP contribution in [0, 0.1) is 0 Å². The second-order valence-electron chi connectivity index (χ2n) is 7.13. The summed E-state index contributed by atoms with van der Waals surface area (Å²) in [6.45, 7) is 2.17. The number of anilines is 1. The van der Waals surface area contributed by atoms with Crippen molar-refractivity contribution in [2.24, 2.45) is 0 Å². The van der Waals surface area contributed by atoms with E-state index in [4.69, 9.17) is 16.6 Å². The Kier molecular flexibility index (Phi) is 6.55. The lowest BCUT2D eigenvalue weighted by molar-refractivity contribution is -0.116.